The van der Waals surface area contributed by atoms with E-state index in [0.717, 1.165) is 12.1 Å². The van der Waals surface area contributed by atoms with Gasteiger partial charge < -0.3 is 0 Å². The van der Waals surface area contributed by atoms with E-state index in [0.29, 0.717) is 5.56 Å². The molecule has 0 aliphatic rings. The average Bonchev–Trinajstić information content (AvgIpc) is 2.26. The molecule has 19 heavy (non-hydrogen) atoms. The molecule has 0 aliphatic carbocycles. The molecule has 1 aromatic rings. The molecule has 1 aromatic carbocycles. The van der Waals surface area contributed by atoms with E-state index in [9.17, 15) is 30.0 Å². The maximum atomic E-state index is 11.9. The Morgan fingerprint density at radius 3 is 1.84 bits per heavy atom. The Balaban J connectivity index is 2.92. The van der Waals surface area contributed by atoms with Gasteiger partial charge >= 0.3 is 25.7 Å². The Morgan fingerprint density at radius 2 is 1.42 bits per heavy atom. The number of rotatable bonds is 4. The van der Waals surface area contributed by atoms with Crippen LogP contribution in [0.25, 0.3) is 0 Å². The summed E-state index contributed by atoms with van der Waals surface area (Å²) in [7, 11) is -10.9. The van der Waals surface area contributed by atoms with Gasteiger partial charge in [0.05, 0.1) is 4.90 Å². The number of halogens is 3. The van der Waals surface area contributed by atoms with Crippen LogP contribution in [0.5, 0.6) is 0 Å². The molecule has 0 fully saturated rings. The molecule has 0 amide bonds. The zero-order chi connectivity index (χ0) is 14.9. The van der Waals surface area contributed by atoms with Crippen LogP contribution in [-0.2, 0) is 28.9 Å². The molecule has 6 nitrogen and oxygen atoms in total. The molecule has 0 atom stereocenters. The molecule has 0 spiro atoms. The summed E-state index contributed by atoms with van der Waals surface area (Å²) >= 11 is 0. The van der Waals surface area contributed by atoms with Gasteiger partial charge in [-0.3, -0.25) is 0 Å². The van der Waals surface area contributed by atoms with Crippen molar-refractivity contribution < 1.29 is 38.7 Å². The molecule has 0 heterocycles. The first-order valence-corrected chi connectivity index (χ1v) is 7.28. The highest BCUT2D eigenvalue weighted by Crippen LogP contribution is 2.26. The summed E-state index contributed by atoms with van der Waals surface area (Å²) in [4.78, 5) is -0.546. The molecular weight excluding hydrogens is 313 g/mol. The van der Waals surface area contributed by atoms with Crippen molar-refractivity contribution in [3.63, 3.8) is 0 Å². The van der Waals surface area contributed by atoms with Gasteiger partial charge in [0, 0.05) is 0 Å². The number of alkyl halides is 3. The first-order valence-electron chi connectivity index (χ1n) is 4.46. The second kappa shape index (κ2) is 5.07. The van der Waals surface area contributed by atoms with E-state index < -0.39 is 30.6 Å². The Morgan fingerprint density at radius 1 is 0.947 bits per heavy atom. The van der Waals surface area contributed by atoms with E-state index in [1.165, 1.54) is 12.1 Å². The lowest BCUT2D eigenvalue weighted by Gasteiger charge is -2.07. The summed E-state index contributed by atoms with van der Waals surface area (Å²) in [6.45, 7) is 1.64. The first-order chi connectivity index (χ1) is 8.46. The smallest absolute Gasteiger partial charge is 0.192 e. The molecule has 108 valence electrons. The van der Waals surface area contributed by atoms with E-state index >= 15 is 0 Å². The van der Waals surface area contributed by atoms with Crippen LogP contribution in [0, 0.1) is 6.92 Å². The lowest BCUT2D eigenvalue weighted by molar-refractivity contribution is -0.124. The molecule has 0 saturated heterocycles. The predicted molar refractivity (Wildman–Crippen MR) is 55.5 cm³/mol. The second-order valence-corrected chi connectivity index (χ2v) is 6.33. The quantitative estimate of drug-likeness (QED) is 0.474. The SMILES string of the molecule is Cc1ccc(S(=O)(=O)OOS(=O)(=O)C(F)(F)F)cc1. The van der Waals surface area contributed by atoms with Crippen LogP contribution in [0.3, 0.4) is 0 Å². The van der Waals surface area contributed by atoms with Crippen molar-refractivity contribution in [1.29, 1.82) is 0 Å². The molecule has 0 N–H and O–H groups in total. The first kappa shape index (κ1) is 15.9. The van der Waals surface area contributed by atoms with Crippen LogP contribution >= 0.6 is 0 Å². The summed E-state index contributed by atoms with van der Waals surface area (Å²) in [6, 6.07) is 4.73. The van der Waals surface area contributed by atoms with Gasteiger partial charge in [-0.15, -0.1) is 0 Å². The minimum atomic E-state index is -6.15. The van der Waals surface area contributed by atoms with Gasteiger partial charge in [-0.1, -0.05) is 26.4 Å². The van der Waals surface area contributed by atoms with E-state index in [1.54, 1.807) is 6.92 Å². The summed E-state index contributed by atoms with van der Waals surface area (Å²) in [5.74, 6) is 0. The van der Waals surface area contributed by atoms with Crippen molar-refractivity contribution in [3.05, 3.63) is 29.8 Å². The summed E-state index contributed by atoms with van der Waals surface area (Å²) in [5, 5.41) is 0. The van der Waals surface area contributed by atoms with Crippen molar-refractivity contribution >= 4 is 20.2 Å². The van der Waals surface area contributed by atoms with Gasteiger partial charge in [0.15, 0.2) is 0 Å². The van der Waals surface area contributed by atoms with Crippen LogP contribution < -0.4 is 0 Å². The molecular formula is C8H7F3O6S2. The maximum absolute atomic E-state index is 11.9. The van der Waals surface area contributed by atoms with Crippen molar-refractivity contribution in [1.82, 2.24) is 0 Å². The average molecular weight is 320 g/mol. The van der Waals surface area contributed by atoms with Gasteiger partial charge in [0.2, 0.25) is 0 Å². The van der Waals surface area contributed by atoms with E-state index in [-0.39, 0.29) is 0 Å². The molecule has 0 aromatic heterocycles. The highest BCUT2D eigenvalue weighted by atomic mass is 32.2. The van der Waals surface area contributed by atoms with Gasteiger partial charge in [0.1, 0.15) is 0 Å². The Labute approximate surface area is 106 Å². The maximum Gasteiger partial charge on any atom is 0.525 e. The van der Waals surface area contributed by atoms with Crippen molar-refractivity contribution in [2.75, 3.05) is 0 Å². The second-order valence-electron chi connectivity index (χ2n) is 3.30. The van der Waals surface area contributed by atoms with Crippen LogP contribution in [-0.4, -0.2) is 22.3 Å². The highest BCUT2D eigenvalue weighted by Gasteiger charge is 2.49. The lowest BCUT2D eigenvalue weighted by atomic mass is 10.2. The molecule has 0 radical (unpaired) electrons. The third-order valence-corrected chi connectivity index (χ3v) is 3.80. The van der Waals surface area contributed by atoms with Gasteiger partial charge in [0.25, 0.3) is 0 Å². The Hall–Kier alpha value is -1.17. The number of hydrogen-bond acceptors (Lipinski definition) is 6. The summed E-state index contributed by atoms with van der Waals surface area (Å²) in [6.07, 6.45) is 0. The van der Waals surface area contributed by atoms with Crippen molar-refractivity contribution in [2.45, 2.75) is 17.3 Å². The fourth-order valence-corrected chi connectivity index (χ4v) is 2.07. The Bertz CT molecular complexity index is 645. The molecule has 11 heteroatoms. The molecule has 0 saturated carbocycles. The summed E-state index contributed by atoms with van der Waals surface area (Å²) < 4.78 is 85.6. The largest absolute Gasteiger partial charge is 0.525 e. The minimum absolute atomic E-state index is 0.546. The standard InChI is InChI=1S/C8H7F3O6S2/c1-6-2-4-7(5-3-6)18(12,13)16-17-19(14,15)8(9,10)11/h2-5H,1H3. The Kier molecular flexibility index (Phi) is 4.24. The van der Waals surface area contributed by atoms with Crippen LogP contribution in [0.2, 0.25) is 0 Å². The monoisotopic (exact) mass is 320 g/mol. The molecule has 0 bridgehead atoms. The van der Waals surface area contributed by atoms with Gasteiger partial charge in [-0.05, 0) is 19.1 Å². The van der Waals surface area contributed by atoms with E-state index in [2.05, 4.69) is 8.67 Å². The van der Waals surface area contributed by atoms with Crippen molar-refractivity contribution in [3.8, 4) is 0 Å². The molecule has 0 unspecified atom stereocenters. The zero-order valence-corrected chi connectivity index (χ0v) is 10.8. The van der Waals surface area contributed by atoms with E-state index in [1.807, 2.05) is 0 Å². The predicted octanol–water partition coefficient (Wildman–Crippen LogP) is 1.48. The number of aryl methyl sites for hydroxylation is 1. The zero-order valence-electron chi connectivity index (χ0n) is 9.21. The highest BCUT2D eigenvalue weighted by molar-refractivity contribution is 7.89. The third kappa shape index (κ3) is 3.89. The molecule has 1 rings (SSSR count). The topological polar surface area (TPSA) is 86.7 Å². The van der Waals surface area contributed by atoms with E-state index in [4.69, 9.17) is 0 Å². The van der Waals surface area contributed by atoms with Crippen LogP contribution in [0.4, 0.5) is 13.2 Å². The van der Waals surface area contributed by atoms with Crippen LogP contribution in [0.15, 0.2) is 29.2 Å². The summed E-state index contributed by atoms with van der Waals surface area (Å²) in [5.41, 5.74) is -5.10. The number of hydrogen-bond donors (Lipinski definition) is 0. The number of benzene rings is 1. The normalized spacial score (nSPS) is 13.5. The third-order valence-electron chi connectivity index (χ3n) is 1.80. The lowest BCUT2D eigenvalue weighted by Crippen LogP contribution is -2.26. The van der Waals surface area contributed by atoms with Gasteiger partial charge in [-0.25, -0.2) is 0 Å². The molecule has 0 aliphatic heterocycles. The van der Waals surface area contributed by atoms with Gasteiger partial charge in [-0.2, -0.15) is 30.0 Å². The minimum Gasteiger partial charge on any atom is -0.192 e. The fourth-order valence-electron chi connectivity index (χ4n) is 0.856. The van der Waals surface area contributed by atoms with Crippen LogP contribution in [0.1, 0.15) is 5.56 Å². The fraction of sp³-hybridized carbons (Fsp3) is 0.250. The van der Waals surface area contributed by atoms with Crippen molar-refractivity contribution in [2.24, 2.45) is 0 Å².